The number of hydrogen-bond acceptors (Lipinski definition) is 7. The molecule has 4 rings (SSSR count). The number of nitro groups is 2. The second kappa shape index (κ2) is 13.0. The van der Waals surface area contributed by atoms with Gasteiger partial charge in [0.25, 0.3) is 23.2 Å². The lowest BCUT2D eigenvalue weighted by Crippen LogP contribution is -2.46. The van der Waals surface area contributed by atoms with Gasteiger partial charge in [0.1, 0.15) is 11.9 Å². The number of fused-ring (bicyclic) bond motifs is 1. The van der Waals surface area contributed by atoms with Crippen molar-refractivity contribution in [2.24, 2.45) is 11.0 Å². The minimum Gasteiger partial charge on any atom is -0.340 e. The molecule has 1 aromatic heterocycles. The number of hydrazone groups is 1. The van der Waals surface area contributed by atoms with Crippen LogP contribution >= 0.6 is 0 Å². The smallest absolute Gasteiger partial charge is 0.277 e. The Labute approximate surface area is 245 Å². The molecule has 2 N–H and O–H groups in total. The van der Waals surface area contributed by atoms with Crippen LogP contribution < -0.4 is 10.7 Å². The highest BCUT2D eigenvalue weighted by molar-refractivity contribution is 6.02. The van der Waals surface area contributed by atoms with E-state index in [0.717, 1.165) is 45.9 Å². The Hall–Kier alpha value is -5.46. The minimum atomic E-state index is -1.08. The molecule has 0 radical (unpaired) electrons. The third-order valence-corrected chi connectivity index (χ3v) is 6.82. The highest BCUT2D eigenvalue weighted by Gasteiger charge is 2.25. The molecule has 0 bridgehead atoms. The molecule has 1 heterocycles. The van der Waals surface area contributed by atoms with Crippen molar-refractivity contribution in [3.63, 3.8) is 0 Å². The molecule has 0 aliphatic rings. The van der Waals surface area contributed by atoms with Crippen molar-refractivity contribution in [1.29, 1.82) is 0 Å². The van der Waals surface area contributed by atoms with E-state index in [1.807, 2.05) is 45.0 Å². The highest BCUT2D eigenvalue weighted by Crippen LogP contribution is 2.26. The summed E-state index contributed by atoms with van der Waals surface area (Å²) < 4.78 is 15.5. The maximum atomic E-state index is 13.4. The van der Waals surface area contributed by atoms with Crippen molar-refractivity contribution >= 4 is 40.3 Å². The molecule has 2 amide bonds. The van der Waals surface area contributed by atoms with Crippen LogP contribution in [-0.4, -0.2) is 38.5 Å². The number of para-hydroxylation sites is 1. The third kappa shape index (κ3) is 7.25. The number of rotatable bonds is 11. The molecule has 0 saturated heterocycles. The van der Waals surface area contributed by atoms with Gasteiger partial charge in [0.05, 0.1) is 27.7 Å². The molecule has 4 aromatic rings. The Morgan fingerprint density at radius 2 is 1.63 bits per heavy atom. The fraction of sp³-hybridized carbons (Fsp3) is 0.233. The molecule has 0 unspecified atom stereocenters. The number of benzene rings is 3. The van der Waals surface area contributed by atoms with Crippen LogP contribution in [-0.2, 0) is 11.3 Å². The van der Waals surface area contributed by atoms with Crippen molar-refractivity contribution in [2.45, 2.75) is 39.8 Å². The van der Waals surface area contributed by atoms with Crippen LogP contribution in [0, 0.1) is 38.9 Å². The molecular formula is C30H29FN6O6. The monoisotopic (exact) mass is 588 g/mol. The lowest BCUT2D eigenvalue weighted by atomic mass is 10.0. The molecule has 0 spiro atoms. The second-order valence-electron chi connectivity index (χ2n) is 10.4. The van der Waals surface area contributed by atoms with Crippen LogP contribution in [0.4, 0.5) is 15.8 Å². The molecule has 3 aromatic carbocycles. The first-order chi connectivity index (χ1) is 20.4. The maximum absolute atomic E-state index is 13.4. The van der Waals surface area contributed by atoms with E-state index in [1.54, 1.807) is 12.1 Å². The molecular weight excluding hydrogens is 559 g/mol. The summed E-state index contributed by atoms with van der Waals surface area (Å²) in [6, 6.07) is 15.4. The quantitative estimate of drug-likeness (QED) is 0.138. The van der Waals surface area contributed by atoms with E-state index in [4.69, 9.17) is 0 Å². The average molecular weight is 589 g/mol. The van der Waals surface area contributed by atoms with Gasteiger partial charge in [-0.2, -0.15) is 5.10 Å². The van der Waals surface area contributed by atoms with Crippen LogP contribution in [0.15, 0.2) is 71.8 Å². The lowest BCUT2D eigenvalue weighted by molar-refractivity contribution is -0.394. The number of aromatic nitrogens is 1. The first kappa shape index (κ1) is 30.5. The van der Waals surface area contributed by atoms with Gasteiger partial charge >= 0.3 is 0 Å². The molecule has 0 aliphatic heterocycles. The Bertz CT molecular complexity index is 1700. The second-order valence-corrected chi connectivity index (χ2v) is 10.4. The summed E-state index contributed by atoms with van der Waals surface area (Å²) in [4.78, 5) is 46.8. The van der Waals surface area contributed by atoms with E-state index >= 15 is 0 Å². The summed E-state index contributed by atoms with van der Waals surface area (Å²) in [5, 5.41) is 30.0. The zero-order valence-electron chi connectivity index (χ0n) is 23.6. The van der Waals surface area contributed by atoms with Gasteiger partial charge in [-0.15, -0.1) is 0 Å². The van der Waals surface area contributed by atoms with Crippen LogP contribution in [0.5, 0.6) is 0 Å². The van der Waals surface area contributed by atoms with E-state index < -0.39 is 39.1 Å². The third-order valence-electron chi connectivity index (χ3n) is 6.82. The van der Waals surface area contributed by atoms with Gasteiger partial charge in [-0.1, -0.05) is 44.2 Å². The Morgan fingerprint density at radius 1 is 1.00 bits per heavy atom. The molecule has 13 heteroatoms. The van der Waals surface area contributed by atoms with Gasteiger partial charge in [-0.3, -0.25) is 29.8 Å². The van der Waals surface area contributed by atoms with Crippen LogP contribution in [0.3, 0.4) is 0 Å². The number of nitrogens with zero attached hydrogens (tertiary/aromatic N) is 4. The van der Waals surface area contributed by atoms with Crippen LogP contribution in [0.2, 0.25) is 0 Å². The van der Waals surface area contributed by atoms with E-state index in [0.29, 0.717) is 6.54 Å². The molecule has 0 fully saturated rings. The molecule has 1 atom stereocenters. The number of halogens is 1. The molecule has 43 heavy (non-hydrogen) atoms. The summed E-state index contributed by atoms with van der Waals surface area (Å²) in [6.45, 7) is 6.08. The summed E-state index contributed by atoms with van der Waals surface area (Å²) in [7, 11) is 0. The Balaban J connectivity index is 1.55. The lowest BCUT2D eigenvalue weighted by Gasteiger charge is -2.19. The van der Waals surface area contributed by atoms with Gasteiger partial charge in [0, 0.05) is 40.8 Å². The Morgan fingerprint density at radius 3 is 2.23 bits per heavy atom. The number of nitro benzene ring substituents is 2. The summed E-state index contributed by atoms with van der Waals surface area (Å²) in [6.07, 6.45) is 1.72. The number of carbonyl (C=O) groups is 2. The van der Waals surface area contributed by atoms with Gasteiger partial charge in [0.2, 0.25) is 0 Å². The first-order valence-electron chi connectivity index (χ1n) is 13.3. The van der Waals surface area contributed by atoms with Gasteiger partial charge < -0.3 is 9.88 Å². The van der Waals surface area contributed by atoms with E-state index in [9.17, 15) is 34.2 Å². The van der Waals surface area contributed by atoms with Crippen molar-refractivity contribution < 1.29 is 23.8 Å². The molecule has 0 aliphatic carbocycles. The number of amides is 2. The summed E-state index contributed by atoms with van der Waals surface area (Å²) >= 11 is 0. The predicted octanol–water partition coefficient (Wildman–Crippen LogP) is 5.25. The zero-order chi connectivity index (χ0) is 31.3. The molecule has 12 nitrogen and oxygen atoms in total. The van der Waals surface area contributed by atoms with Crippen molar-refractivity contribution in [2.75, 3.05) is 0 Å². The standard InChI is InChI=1S/C30H29FN6O6/c1-18(2)12-27(33-29(38)21-13-23(36(40)41)15-24(14-21)37(42)43)30(39)34-32-16-26-19(3)35(28-7-5-4-6-25(26)28)17-20-8-10-22(31)11-9-20/h4-11,13-16,18,27H,12,17H2,1-3H3,(H,33,38)(H,34,39)/b32-16-/t27-/m0/s1. The maximum Gasteiger partial charge on any atom is 0.277 e. The molecule has 222 valence electrons. The number of carbonyl (C=O) groups excluding carboxylic acids is 2. The predicted molar refractivity (Wildman–Crippen MR) is 158 cm³/mol. The SMILES string of the molecule is Cc1c(/C=N\NC(=O)[C@H](CC(C)C)NC(=O)c2cc([N+](=O)[O-])cc([N+](=O)[O-])c2)c2ccccc2n1Cc1ccc(F)cc1. The van der Waals surface area contributed by atoms with E-state index in [-0.39, 0.29) is 23.7 Å². The highest BCUT2D eigenvalue weighted by atomic mass is 19.1. The fourth-order valence-corrected chi connectivity index (χ4v) is 4.72. The van der Waals surface area contributed by atoms with Gasteiger partial charge in [-0.05, 0) is 43.0 Å². The largest absolute Gasteiger partial charge is 0.340 e. The fourth-order valence-electron chi connectivity index (χ4n) is 4.72. The van der Waals surface area contributed by atoms with Gasteiger partial charge in [-0.25, -0.2) is 9.82 Å². The summed E-state index contributed by atoms with van der Waals surface area (Å²) in [5.41, 5.74) is 4.34. The Kier molecular flexibility index (Phi) is 9.23. The van der Waals surface area contributed by atoms with Gasteiger partial charge in [0.15, 0.2) is 0 Å². The van der Waals surface area contributed by atoms with E-state index in [1.165, 1.54) is 18.3 Å². The van der Waals surface area contributed by atoms with Crippen molar-refractivity contribution in [3.8, 4) is 0 Å². The first-order valence-corrected chi connectivity index (χ1v) is 13.3. The summed E-state index contributed by atoms with van der Waals surface area (Å²) in [5.74, 6) is -1.87. The zero-order valence-corrected chi connectivity index (χ0v) is 23.6. The molecule has 0 saturated carbocycles. The number of nitrogens with one attached hydrogen (secondary N) is 2. The van der Waals surface area contributed by atoms with Crippen molar-refractivity contribution in [3.05, 3.63) is 115 Å². The number of hydrogen-bond donors (Lipinski definition) is 2. The van der Waals surface area contributed by atoms with E-state index in [2.05, 4.69) is 20.4 Å². The minimum absolute atomic E-state index is 0.0360. The van der Waals surface area contributed by atoms with Crippen LogP contribution in [0.25, 0.3) is 10.9 Å². The topological polar surface area (TPSA) is 162 Å². The van der Waals surface area contributed by atoms with Crippen LogP contribution in [0.1, 0.15) is 47.4 Å². The van der Waals surface area contributed by atoms with Crippen molar-refractivity contribution in [1.82, 2.24) is 15.3 Å². The number of non-ortho nitro benzene ring substituents is 2. The average Bonchev–Trinajstić information content (AvgIpc) is 3.23. The normalized spacial score (nSPS) is 12.0.